The maximum absolute atomic E-state index is 6.52. The molecule has 0 saturated heterocycles. The second-order valence-electron chi connectivity index (χ2n) is 7.38. The third-order valence-electron chi connectivity index (χ3n) is 5.17. The molecule has 0 spiro atoms. The lowest BCUT2D eigenvalue weighted by Gasteiger charge is -2.12. The van der Waals surface area contributed by atoms with Crippen molar-refractivity contribution in [2.75, 3.05) is 10.6 Å². The summed E-state index contributed by atoms with van der Waals surface area (Å²) in [5.41, 5.74) is 8.15. The highest BCUT2D eigenvalue weighted by molar-refractivity contribution is 7.03. The molecule has 5 rings (SSSR count). The fourth-order valence-corrected chi connectivity index (χ4v) is 4.52. The number of nitrogens with one attached hydrogen (secondary N) is 2. The van der Waals surface area contributed by atoms with Crippen LogP contribution >= 0.6 is 34.7 Å². The van der Waals surface area contributed by atoms with E-state index in [1.54, 1.807) is 0 Å². The minimum absolute atomic E-state index is 0.677. The Morgan fingerprint density at radius 1 is 0.667 bits per heavy atom. The fourth-order valence-electron chi connectivity index (χ4n) is 3.34. The number of nitrogens with zero attached hydrogens (tertiary/aromatic N) is 4. The van der Waals surface area contributed by atoms with Crippen LogP contribution in [-0.2, 0) is 13.1 Å². The maximum atomic E-state index is 6.52. The molecule has 0 aliphatic heterocycles. The molecule has 5 aromatic rings. The van der Waals surface area contributed by atoms with E-state index < -0.39 is 0 Å². The molecule has 33 heavy (non-hydrogen) atoms. The summed E-state index contributed by atoms with van der Waals surface area (Å²) in [7, 11) is 0. The number of rotatable bonds is 8. The molecule has 0 radical (unpaired) electrons. The molecule has 0 aliphatic rings. The van der Waals surface area contributed by atoms with Crippen LogP contribution in [-0.4, -0.2) is 19.2 Å². The van der Waals surface area contributed by atoms with Crippen LogP contribution in [0.15, 0.2) is 77.5 Å². The number of benzene rings is 3. The Labute approximate surface area is 204 Å². The van der Waals surface area contributed by atoms with E-state index >= 15 is 0 Å². The normalized spacial score (nSPS) is 10.8. The molecule has 6 nitrogen and oxygen atoms in total. The van der Waals surface area contributed by atoms with Gasteiger partial charge in [0.05, 0.1) is 10.7 Å². The summed E-state index contributed by atoms with van der Waals surface area (Å²) in [6.07, 6.45) is 0. The predicted octanol–water partition coefficient (Wildman–Crippen LogP) is 6.60. The molecule has 2 heterocycles. The van der Waals surface area contributed by atoms with Gasteiger partial charge in [0, 0.05) is 40.7 Å². The monoisotopic (exact) mass is 490 g/mol. The minimum atomic E-state index is 0.677. The van der Waals surface area contributed by atoms with Crippen molar-refractivity contribution in [3.63, 3.8) is 0 Å². The van der Waals surface area contributed by atoms with Crippen molar-refractivity contribution in [3.8, 4) is 22.5 Å². The van der Waals surface area contributed by atoms with Crippen LogP contribution in [0.4, 0.5) is 11.4 Å². The van der Waals surface area contributed by atoms with Crippen LogP contribution in [0.5, 0.6) is 0 Å². The third kappa shape index (κ3) is 5.36. The average molecular weight is 491 g/mol. The van der Waals surface area contributed by atoms with E-state index in [1.165, 1.54) is 28.6 Å². The van der Waals surface area contributed by atoms with Gasteiger partial charge in [-0.25, -0.2) is 0 Å². The lowest BCUT2D eigenvalue weighted by atomic mass is 10.1. The van der Waals surface area contributed by atoms with Gasteiger partial charge >= 0.3 is 0 Å². The first-order chi connectivity index (χ1) is 16.2. The Morgan fingerprint density at radius 3 is 1.70 bits per heavy atom. The topological polar surface area (TPSA) is 75.6 Å². The molecule has 0 fully saturated rings. The number of hydrogen-bond acceptors (Lipinski definition) is 8. The molecular formula is C24H19ClN6S2. The highest BCUT2D eigenvalue weighted by Crippen LogP contribution is 2.27. The first kappa shape index (κ1) is 21.5. The Balaban J connectivity index is 1.15. The molecule has 2 N–H and O–H groups in total. The molecule has 164 valence electrons. The second kappa shape index (κ2) is 10.1. The van der Waals surface area contributed by atoms with Gasteiger partial charge in [-0.1, -0.05) is 69.1 Å². The number of anilines is 2. The first-order valence-electron chi connectivity index (χ1n) is 10.2. The largest absolute Gasteiger partial charge is 0.381 e. The Morgan fingerprint density at radius 2 is 1.21 bits per heavy atom. The van der Waals surface area contributed by atoms with Crippen LogP contribution in [0.25, 0.3) is 22.5 Å². The van der Waals surface area contributed by atoms with Crippen LogP contribution in [0, 0.1) is 0 Å². The zero-order valence-corrected chi connectivity index (χ0v) is 19.8. The van der Waals surface area contributed by atoms with E-state index in [1.807, 2.05) is 29.0 Å². The van der Waals surface area contributed by atoms with Gasteiger partial charge in [0.15, 0.2) is 0 Å². The van der Waals surface area contributed by atoms with Crippen molar-refractivity contribution in [1.82, 2.24) is 19.2 Å². The molecule has 0 bridgehead atoms. The van der Waals surface area contributed by atoms with Crippen LogP contribution in [0.1, 0.15) is 11.1 Å². The summed E-state index contributed by atoms with van der Waals surface area (Å²) in [5.74, 6) is 0. The highest BCUT2D eigenvalue weighted by atomic mass is 35.5. The molecule has 3 aromatic carbocycles. The minimum Gasteiger partial charge on any atom is -0.381 e. The van der Waals surface area contributed by atoms with E-state index in [0.29, 0.717) is 18.1 Å². The molecule has 0 aliphatic carbocycles. The van der Waals surface area contributed by atoms with Gasteiger partial charge in [0.2, 0.25) is 0 Å². The summed E-state index contributed by atoms with van der Waals surface area (Å²) in [6.45, 7) is 1.39. The summed E-state index contributed by atoms with van der Waals surface area (Å²) in [6, 6.07) is 22.6. The number of hydrogen-bond donors (Lipinski definition) is 2. The standard InChI is InChI=1S/C24H19ClN6S2/c25-21-11-20(26-12-16-1-5-18(6-2-16)23-14-32-30-28-23)9-10-22(21)27-13-17-3-7-19(8-4-17)24-15-33-31-29-24/h1-11,14-15,26-27H,12-13H2. The van der Waals surface area contributed by atoms with Crippen molar-refractivity contribution in [1.29, 1.82) is 0 Å². The Bertz CT molecular complexity index is 1300. The van der Waals surface area contributed by atoms with Crippen LogP contribution in [0.3, 0.4) is 0 Å². The predicted molar refractivity (Wildman–Crippen MR) is 137 cm³/mol. The van der Waals surface area contributed by atoms with Crippen molar-refractivity contribution in [2.24, 2.45) is 0 Å². The van der Waals surface area contributed by atoms with Crippen molar-refractivity contribution in [3.05, 3.63) is 93.6 Å². The average Bonchev–Trinajstić information content (AvgIpc) is 3.58. The zero-order chi connectivity index (χ0) is 22.5. The molecule has 0 saturated carbocycles. The molecule has 0 atom stereocenters. The van der Waals surface area contributed by atoms with Gasteiger partial charge in [-0.15, -0.1) is 10.2 Å². The van der Waals surface area contributed by atoms with Gasteiger partial charge in [-0.05, 0) is 52.4 Å². The van der Waals surface area contributed by atoms with Gasteiger partial charge in [0.1, 0.15) is 11.4 Å². The molecule has 2 aromatic heterocycles. The highest BCUT2D eigenvalue weighted by Gasteiger charge is 2.05. The van der Waals surface area contributed by atoms with Crippen molar-refractivity contribution < 1.29 is 0 Å². The quantitative estimate of drug-likeness (QED) is 0.255. The molecule has 0 unspecified atom stereocenters. The lowest BCUT2D eigenvalue weighted by molar-refractivity contribution is 1.13. The number of aromatic nitrogens is 4. The smallest absolute Gasteiger partial charge is 0.105 e. The Kier molecular flexibility index (Phi) is 6.57. The van der Waals surface area contributed by atoms with Gasteiger partial charge in [0.25, 0.3) is 0 Å². The second-order valence-corrected chi connectivity index (χ2v) is 9.00. The summed E-state index contributed by atoms with van der Waals surface area (Å²) < 4.78 is 7.83. The van der Waals surface area contributed by atoms with Crippen LogP contribution < -0.4 is 10.6 Å². The molecule has 0 amide bonds. The van der Waals surface area contributed by atoms with E-state index in [-0.39, 0.29) is 0 Å². The third-order valence-corrected chi connectivity index (χ3v) is 6.49. The summed E-state index contributed by atoms with van der Waals surface area (Å²) >= 11 is 9.23. The van der Waals surface area contributed by atoms with E-state index in [4.69, 9.17) is 11.6 Å². The summed E-state index contributed by atoms with van der Waals surface area (Å²) in [4.78, 5) is 0. The summed E-state index contributed by atoms with van der Waals surface area (Å²) in [5, 5.41) is 19.6. The maximum Gasteiger partial charge on any atom is 0.105 e. The fraction of sp³-hybridized carbons (Fsp3) is 0.0833. The first-order valence-corrected chi connectivity index (χ1v) is 12.3. The van der Waals surface area contributed by atoms with Gasteiger partial charge in [-0.2, -0.15) is 0 Å². The molecular weight excluding hydrogens is 472 g/mol. The van der Waals surface area contributed by atoms with Crippen molar-refractivity contribution >= 4 is 46.0 Å². The Hall–Kier alpha value is -3.33. The van der Waals surface area contributed by atoms with E-state index in [2.05, 4.69) is 78.3 Å². The van der Waals surface area contributed by atoms with Gasteiger partial charge < -0.3 is 10.6 Å². The zero-order valence-electron chi connectivity index (χ0n) is 17.4. The van der Waals surface area contributed by atoms with E-state index in [0.717, 1.165) is 39.5 Å². The van der Waals surface area contributed by atoms with E-state index in [9.17, 15) is 0 Å². The van der Waals surface area contributed by atoms with Crippen LogP contribution in [0.2, 0.25) is 5.02 Å². The lowest BCUT2D eigenvalue weighted by Crippen LogP contribution is -2.02. The SMILES string of the molecule is Clc1cc(NCc2ccc(-c3csnn3)cc2)ccc1NCc1ccc(-c2csnn2)cc1. The number of halogens is 1. The van der Waals surface area contributed by atoms with Gasteiger partial charge in [-0.3, -0.25) is 0 Å². The van der Waals surface area contributed by atoms with Crippen molar-refractivity contribution in [2.45, 2.75) is 13.1 Å². The molecule has 9 heteroatoms.